The summed E-state index contributed by atoms with van der Waals surface area (Å²) < 4.78 is 35.7. The van der Waals surface area contributed by atoms with E-state index in [9.17, 15) is 22.7 Å². The Kier molecular flexibility index (Phi) is 5.06. The molecule has 3 rings (SSSR count). The van der Waals surface area contributed by atoms with Gasteiger partial charge in [-0.25, -0.2) is 17.9 Å². The lowest BCUT2D eigenvalue weighted by Crippen LogP contribution is -2.16. The molecule has 4 N–H and O–H groups in total. The Morgan fingerprint density at radius 1 is 1.15 bits per heavy atom. The number of nitrogens with one attached hydrogen (secondary N) is 1. The Morgan fingerprint density at radius 2 is 1.78 bits per heavy atom. The summed E-state index contributed by atoms with van der Waals surface area (Å²) in [5.74, 6) is -2.32. The maximum atomic E-state index is 13.0. The van der Waals surface area contributed by atoms with Crippen molar-refractivity contribution < 1.29 is 22.7 Å². The van der Waals surface area contributed by atoms with Crippen LogP contribution in [0, 0.1) is 5.82 Å². The number of carboxylic acids is 1. The van der Waals surface area contributed by atoms with Crippen molar-refractivity contribution in [1.29, 1.82) is 0 Å². The van der Waals surface area contributed by atoms with Crippen LogP contribution in [0.1, 0.15) is 17.2 Å². The van der Waals surface area contributed by atoms with Crippen molar-refractivity contribution in [2.24, 2.45) is 5.14 Å². The molecule has 0 fully saturated rings. The number of benzene rings is 2. The number of aromatic nitrogens is 2. The third-order valence-electron chi connectivity index (χ3n) is 4.10. The number of hydrogen-bond acceptors (Lipinski definition) is 4. The molecule has 1 heterocycles. The molecule has 0 saturated carbocycles. The van der Waals surface area contributed by atoms with E-state index in [1.807, 2.05) is 0 Å². The molecule has 0 bridgehead atoms. The highest BCUT2D eigenvalue weighted by Gasteiger charge is 2.22. The first-order valence-corrected chi connectivity index (χ1v) is 9.44. The van der Waals surface area contributed by atoms with Gasteiger partial charge in [-0.05, 0) is 48.0 Å². The first-order valence-electron chi connectivity index (χ1n) is 7.90. The van der Waals surface area contributed by atoms with Crippen LogP contribution in [0.4, 0.5) is 4.39 Å². The number of carbonyl (C=O) groups is 1. The maximum Gasteiger partial charge on any atom is 0.311 e. The van der Waals surface area contributed by atoms with Gasteiger partial charge in [-0.1, -0.05) is 12.1 Å². The van der Waals surface area contributed by atoms with E-state index < -0.39 is 21.9 Å². The molecular formula is C18H16FN3O4S. The normalized spacial score (nSPS) is 12.7. The molecule has 3 aromatic rings. The molecule has 0 aliphatic carbocycles. The smallest absolute Gasteiger partial charge is 0.311 e. The molecule has 1 unspecified atom stereocenters. The number of aromatic amines is 1. The van der Waals surface area contributed by atoms with Crippen LogP contribution in [0.2, 0.25) is 0 Å². The number of H-pyrrole nitrogens is 1. The quantitative estimate of drug-likeness (QED) is 0.596. The fourth-order valence-electron chi connectivity index (χ4n) is 2.69. The van der Waals surface area contributed by atoms with Crippen LogP contribution in [0.15, 0.2) is 59.5 Å². The molecule has 0 radical (unpaired) electrons. The van der Waals surface area contributed by atoms with E-state index in [2.05, 4.69) is 10.2 Å². The van der Waals surface area contributed by atoms with Crippen LogP contribution in [-0.4, -0.2) is 29.7 Å². The summed E-state index contributed by atoms with van der Waals surface area (Å²) in [6.07, 6.45) is 0.123. The minimum Gasteiger partial charge on any atom is -0.481 e. The van der Waals surface area contributed by atoms with Crippen LogP contribution in [-0.2, 0) is 21.2 Å². The molecule has 7 nitrogen and oxygen atoms in total. The highest BCUT2D eigenvalue weighted by molar-refractivity contribution is 7.89. The molecule has 1 aromatic heterocycles. The van der Waals surface area contributed by atoms with Crippen LogP contribution in [0.3, 0.4) is 0 Å². The summed E-state index contributed by atoms with van der Waals surface area (Å²) in [7, 11) is -3.85. The van der Waals surface area contributed by atoms with Crippen molar-refractivity contribution in [2.45, 2.75) is 17.2 Å². The van der Waals surface area contributed by atoms with Gasteiger partial charge in [0.1, 0.15) is 5.82 Å². The first-order chi connectivity index (χ1) is 12.7. The molecule has 140 valence electrons. The number of primary sulfonamides is 1. The first kappa shape index (κ1) is 18.7. The van der Waals surface area contributed by atoms with Gasteiger partial charge in [-0.15, -0.1) is 0 Å². The third kappa shape index (κ3) is 4.39. The lowest BCUT2D eigenvalue weighted by Gasteiger charge is -2.12. The van der Waals surface area contributed by atoms with Crippen molar-refractivity contribution in [1.82, 2.24) is 10.2 Å². The van der Waals surface area contributed by atoms with Crippen molar-refractivity contribution >= 4 is 16.0 Å². The Bertz CT molecular complexity index is 1060. The van der Waals surface area contributed by atoms with Gasteiger partial charge in [0.15, 0.2) is 0 Å². The fourth-order valence-corrected chi connectivity index (χ4v) is 3.21. The molecule has 0 saturated heterocycles. The third-order valence-corrected chi connectivity index (χ3v) is 5.03. The minimum atomic E-state index is -3.85. The largest absolute Gasteiger partial charge is 0.481 e. The van der Waals surface area contributed by atoms with Crippen LogP contribution in [0.25, 0.3) is 11.3 Å². The number of aliphatic carboxylic acids is 1. The summed E-state index contributed by atoms with van der Waals surface area (Å²) in [4.78, 5) is 11.6. The van der Waals surface area contributed by atoms with Gasteiger partial charge < -0.3 is 5.11 Å². The number of sulfonamides is 1. The zero-order valence-electron chi connectivity index (χ0n) is 14.0. The second-order valence-electron chi connectivity index (χ2n) is 5.99. The Morgan fingerprint density at radius 3 is 2.33 bits per heavy atom. The number of carboxylic acid groups (broad SMARTS) is 1. The van der Waals surface area contributed by atoms with E-state index >= 15 is 0 Å². The highest BCUT2D eigenvalue weighted by atomic mass is 32.2. The molecule has 0 aliphatic heterocycles. The summed E-state index contributed by atoms with van der Waals surface area (Å²) >= 11 is 0. The number of nitrogens with two attached hydrogens (primary N) is 1. The molecular weight excluding hydrogens is 373 g/mol. The average molecular weight is 389 g/mol. The highest BCUT2D eigenvalue weighted by Crippen LogP contribution is 2.24. The van der Waals surface area contributed by atoms with Gasteiger partial charge >= 0.3 is 5.97 Å². The molecule has 1 atom stereocenters. The number of halogens is 1. The predicted molar refractivity (Wildman–Crippen MR) is 95.9 cm³/mol. The van der Waals surface area contributed by atoms with E-state index in [0.717, 1.165) is 0 Å². The van der Waals surface area contributed by atoms with Crippen LogP contribution in [0.5, 0.6) is 0 Å². The van der Waals surface area contributed by atoms with Gasteiger partial charge in [-0.2, -0.15) is 5.10 Å². The zero-order chi connectivity index (χ0) is 19.6. The standard InChI is InChI=1S/C18H16FN3O4S/c19-13-5-1-12(2-6-13)17-10-14(21-22-17)9-16(18(23)24)11-3-7-15(8-4-11)27(20,25)26/h1-8,10,16H,9H2,(H,21,22)(H,23,24)(H2,20,25,26). The molecule has 0 spiro atoms. The van der Waals surface area contributed by atoms with E-state index in [1.165, 1.54) is 36.4 Å². The lowest BCUT2D eigenvalue weighted by molar-refractivity contribution is -0.138. The molecule has 0 aliphatic rings. The van der Waals surface area contributed by atoms with E-state index in [4.69, 9.17) is 5.14 Å². The average Bonchev–Trinajstić information content (AvgIpc) is 3.08. The lowest BCUT2D eigenvalue weighted by atomic mass is 9.94. The van der Waals surface area contributed by atoms with Crippen LogP contribution < -0.4 is 5.14 Å². The van der Waals surface area contributed by atoms with Gasteiger partial charge in [0.2, 0.25) is 10.0 Å². The summed E-state index contributed by atoms with van der Waals surface area (Å²) in [5, 5.41) is 21.5. The van der Waals surface area contributed by atoms with E-state index in [0.29, 0.717) is 22.5 Å². The van der Waals surface area contributed by atoms with Crippen molar-refractivity contribution in [3.8, 4) is 11.3 Å². The Hall–Kier alpha value is -3.04. The van der Waals surface area contributed by atoms with Gasteiger partial charge in [0, 0.05) is 17.7 Å². The topological polar surface area (TPSA) is 126 Å². The monoisotopic (exact) mass is 389 g/mol. The van der Waals surface area contributed by atoms with Crippen molar-refractivity contribution in [3.63, 3.8) is 0 Å². The second kappa shape index (κ2) is 7.29. The maximum absolute atomic E-state index is 13.0. The SMILES string of the molecule is NS(=O)(=O)c1ccc(C(Cc2cc(-c3ccc(F)cc3)n[nH]2)C(=O)O)cc1. The molecule has 27 heavy (non-hydrogen) atoms. The molecule has 0 amide bonds. The van der Waals surface area contributed by atoms with Crippen LogP contribution >= 0.6 is 0 Å². The number of rotatable bonds is 6. The zero-order valence-corrected chi connectivity index (χ0v) is 14.8. The predicted octanol–water partition coefficient (Wildman–Crippen LogP) is 2.27. The second-order valence-corrected chi connectivity index (χ2v) is 7.56. The van der Waals surface area contributed by atoms with Crippen molar-refractivity contribution in [2.75, 3.05) is 0 Å². The fraction of sp³-hybridized carbons (Fsp3) is 0.111. The Labute approximate surface area is 154 Å². The van der Waals surface area contributed by atoms with E-state index in [-0.39, 0.29) is 17.1 Å². The summed E-state index contributed by atoms with van der Waals surface area (Å²) in [6.45, 7) is 0. The number of nitrogens with zero attached hydrogens (tertiary/aromatic N) is 1. The van der Waals surface area contributed by atoms with Gasteiger partial charge in [0.05, 0.1) is 16.5 Å². The van der Waals surface area contributed by atoms with Crippen molar-refractivity contribution in [3.05, 3.63) is 71.7 Å². The Balaban J connectivity index is 1.83. The molecule has 9 heteroatoms. The van der Waals surface area contributed by atoms with Gasteiger partial charge in [0.25, 0.3) is 0 Å². The molecule has 2 aromatic carbocycles. The summed E-state index contributed by atoms with van der Waals surface area (Å²) in [6, 6.07) is 12.9. The van der Waals surface area contributed by atoms with Gasteiger partial charge in [-0.3, -0.25) is 9.89 Å². The minimum absolute atomic E-state index is 0.0875. The number of hydrogen-bond donors (Lipinski definition) is 3. The summed E-state index contributed by atoms with van der Waals surface area (Å²) in [5.41, 5.74) is 2.28. The van der Waals surface area contributed by atoms with E-state index in [1.54, 1.807) is 18.2 Å².